The summed E-state index contributed by atoms with van der Waals surface area (Å²) in [5.41, 5.74) is -1.10. The Hall–Kier alpha value is -0.800. The molecule has 3 N–H and O–H groups in total. The van der Waals surface area contributed by atoms with Crippen molar-refractivity contribution in [3.63, 3.8) is 0 Å². The van der Waals surface area contributed by atoms with Gasteiger partial charge in [-0.2, -0.15) is 0 Å². The van der Waals surface area contributed by atoms with Gasteiger partial charge < -0.3 is 25.1 Å². The molecule has 0 aliphatic carbocycles. The molecule has 24 heavy (non-hydrogen) atoms. The largest absolute Gasteiger partial charge is 0.466 e. The van der Waals surface area contributed by atoms with Crippen LogP contribution < -0.4 is 10.6 Å². The Morgan fingerprint density at radius 2 is 2.29 bits per heavy atom. The lowest BCUT2D eigenvalue weighted by Gasteiger charge is -2.30. The Bertz CT molecular complexity index is 491. The SMILES string of the molecule is CCNC(=NCC(C)(O)c1ccco1)NCC1CCCN(C)C1.I. The molecule has 1 aromatic heterocycles. The maximum absolute atomic E-state index is 10.5. The van der Waals surface area contributed by atoms with Gasteiger partial charge in [0.2, 0.25) is 0 Å². The molecule has 1 saturated heterocycles. The lowest BCUT2D eigenvalue weighted by Crippen LogP contribution is -2.44. The van der Waals surface area contributed by atoms with Gasteiger partial charge in [-0.25, -0.2) is 4.99 Å². The number of aliphatic hydroxyl groups is 1. The highest BCUT2D eigenvalue weighted by Gasteiger charge is 2.26. The second-order valence-electron chi connectivity index (χ2n) is 6.60. The monoisotopic (exact) mass is 450 g/mol. The van der Waals surface area contributed by atoms with Gasteiger partial charge in [0.05, 0.1) is 12.8 Å². The summed E-state index contributed by atoms with van der Waals surface area (Å²) in [4.78, 5) is 6.89. The summed E-state index contributed by atoms with van der Waals surface area (Å²) in [6.07, 6.45) is 4.07. The highest BCUT2D eigenvalue weighted by atomic mass is 127. The lowest BCUT2D eigenvalue weighted by molar-refractivity contribution is 0.0437. The van der Waals surface area contributed by atoms with Crippen molar-refractivity contribution in [1.29, 1.82) is 0 Å². The van der Waals surface area contributed by atoms with Gasteiger partial charge in [0, 0.05) is 19.6 Å². The molecule has 6 nitrogen and oxygen atoms in total. The Balaban J connectivity index is 0.00000288. The summed E-state index contributed by atoms with van der Waals surface area (Å²) in [6.45, 7) is 8.01. The summed E-state index contributed by atoms with van der Waals surface area (Å²) >= 11 is 0. The fraction of sp³-hybridized carbons (Fsp3) is 0.706. The minimum atomic E-state index is -1.10. The van der Waals surface area contributed by atoms with Crippen LogP contribution in [0.15, 0.2) is 27.8 Å². The number of piperidine rings is 1. The van der Waals surface area contributed by atoms with Crippen LogP contribution in [0.5, 0.6) is 0 Å². The average Bonchev–Trinajstić information content (AvgIpc) is 3.05. The summed E-state index contributed by atoms with van der Waals surface area (Å²) in [5, 5.41) is 17.1. The van der Waals surface area contributed by atoms with E-state index in [-0.39, 0.29) is 30.5 Å². The van der Waals surface area contributed by atoms with Crippen molar-refractivity contribution in [2.45, 2.75) is 32.3 Å². The Labute approximate surface area is 162 Å². The van der Waals surface area contributed by atoms with Crippen LogP contribution in [0.25, 0.3) is 0 Å². The summed E-state index contributed by atoms with van der Waals surface area (Å²) in [5.74, 6) is 1.92. The number of hydrogen-bond acceptors (Lipinski definition) is 4. The highest BCUT2D eigenvalue weighted by molar-refractivity contribution is 14.0. The third kappa shape index (κ3) is 6.60. The van der Waals surface area contributed by atoms with Crippen molar-refractivity contribution in [3.8, 4) is 0 Å². The van der Waals surface area contributed by atoms with Crippen LogP contribution in [0.4, 0.5) is 0 Å². The molecule has 2 rings (SSSR count). The van der Waals surface area contributed by atoms with Gasteiger partial charge in [-0.3, -0.25) is 0 Å². The zero-order chi connectivity index (χ0) is 16.7. The van der Waals surface area contributed by atoms with Gasteiger partial charge in [0.15, 0.2) is 5.96 Å². The van der Waals surface area contributed by atoms with E-state index >= 15 is 0 Å². The Kier molecular flexibility index (Phi) is 9.07. The molecule has 2 heterocycles. The van der Waals surface area contributed by atoms with Gasteiger partial charge in [-0.1, -0.05) is 0 Å². The topological polar surface area (TPSA) is 73.0 Å². The van der Waals surface area contributed by atoms with Gasteiger partial charge in [-0.05, 0) is 58.3 Å². The van der Waals surface area contributed by atoms with Crippen LogP contribution in [0.1, 0.15) is 32.4 Å². The predicted octanol–water partition coefficient (Wildman–Crippen LogP) is 2.00. The molecule has 2 unspecified atom stereocenters. The first-order chi connectivity index (χ1) is 11.0. The van der Waals surface area contributed by atoms with Crippen LogP contribution in [0, 0.1) is 5.92 Å². The second-order valence-corrected chi connectivity index (χ2v) is 6.60. The molecule has 0 aromatic carbocycles. The molecule has 0 spiro atoms. The zero-order valence-electron chi connectivity index (χ0n) is 14.9. The number of aliphatic imine (C=N–C) groups is 1. The predicted molar refractivity (Wildman–Crippen MR) is 108 cm³/mol. The average molecular weight is 450 g/mol. The standard InChI is InChI=1S/C17H30N4O2.HI/c1-4-18-16(19-11-14-7-5-9-21(3)12-14)20-13-17(2,22)15-8-6-10-23-15;/h6,8,10,14,22H,4-5,7,9,11-13H2,1-3H3,(H2,18,19,20);1H. The van der Waals surface area contributed by atoms with E-state index in [4.69, 9.17) is 4.42 Å². The first kappa shape index (κ1) is 21.2. The third-order valence-corrected chi connectivity index (χ3v) is 4.22. The van der Waals surface area contributed by atoms with E-state index in [0.717, 1.165) is 25.6 Å². The number of rotatable bonds is 6. The number of nitrogens with one attached hydrogen (secondary N) is 2. The normalized spacial score (nSPS) is 21.7. The molecular formula is C17H31IN4O2. The molecule has 1 fully saturated rings. The van der Waals surface area contributed by atoms with E-state index in [0.29, 0.717) is 11.7 Å². The van der Waals surface area contributed by atoms with Gasteiger partial charge in [-0.15, -0.1) is 24.0 Å². The maximum atomic E-state index is 10.5. The molecule has 0 bridgehead atoms. The number of nitrogens with zero attached hydrogens (tertiary/aromatic N) is 2. The number of halogens is 1. The number of hydrogen-bond donors (Lipinski definition) is 3. The van der Waals surface area contributed by atoms with Crippen molar-refractivity contribution < 1.29 is 9.52 Å². The lowest BCUT2D eigenvalue weighted by atomic mass is 9.99. The molecule has 2 atom stereocenters. The molecule has 1 aliphatic heterocycles. The Morgan fingerprint density at radius 3 is 2.92 bits per heavy atom. The van der Waals surface area contributed by atoms with E-state index in [9.17, 15) is 5.11 Å². The molecule has 1 aromatic rings. The first-order valence-electron chi connectivity index (χ1n) is 8.48. The molecule has 0 amide bonds. The van der Waals surface area contributed by atoms with Crippen molar-refractivity contribution in [2.24, 2.45) is 10.9 Å². The van der Waals surface area contributed by atoms with Crippen molar-refractivity contribution in [1.82, 2.24) is 15.5 Å². The van der Waals surface area contributed by atoms with Gasteiger partial charge in [0.1, 0.15) is 11.4 Å². The molecule has 138 valence electrons. The molecular weight excluding hydrogens is 419 g/mol. The minimum Gasteiger partial charge on any atom is -0.466 e. The number of likely N-dealkylation sites (tertiary alicyclic amines) is 1. The molecule has 0 radical (unpaired) electrons. The van der Waals surface area contributed by atoms with Crippen molar-refractivity contribution in [3.05, 3.63) is 24.2 Å². The van der Waals surface area contributed by atoms with E-state index in [1.165, 1.54) is 19.4 Å². The minimum absolute atomic E-state index is 0. The van der Waals surface area contributed by atoms with E-state index in [2.05, 4.69) is 27.6 Å². The van der Waals surface area contributed by atoms with Crippen LogP contribution in [-0.2, 0) is 5.60 Å². The van der Waals surface area contributed by atoms with E-state index in [1.807, 2.05) is 6.92 Å². The molecule has 7 heteroatoms. The van der Waals surface area contributed by atoms with Crippen molar-refractivity contribution in [2.75, 3.05) is 39.8 Å². The van der Waals surface area contributed by atoms with Crippen LogP contribution in [-0.4, -0.2) is 55.7 Å². The fourth-order valence-corrected chi connectivity index (χ4v) is 2.92. The van der Waals surface area contributed by atoms with Crippen LogP contribution >= 0.6 is 24.0 Å². The zero-order valence-corrected chi connectivity index (χ0v) is 17.2. The van der Waals surface area contributed by atoms with Gasteiger partial charge >= 0.3 is 0 Å². The highest BCUT2D eigenvalue weighted by Crippen LogP contribution is 2.21. The quantitative estimate of drug-likeness (QED) is 0.352. The summed E-state index contributed by atoms with van der Waals surface area (Å²) in [6, 6.07) is 3.55. The summed E-state index contributed by atoms with van der Waals surface area (Å²) < 4.78 is 5.29. The molecule has 1 aliphatic rings. The maximum Gasteiger partial charge on any atom is 0.191 e. The van der Waals surface area contributed by atoms with E-state index in [1.54, 1.807) is 25.3 Å². The smallest absolute Gasteiger partial charge is 0.191 e. The Morgan fingerprint density at radius 1 is 1.50 bits per heavy atom. The molecule has 0 saturated carbocycles. The van der Waals surface area contributed by atoms with E-state index < -0.39 is 5.60 Å². The van der Waals surface area contributed by atoms with Gasteiger partial charge in [0.25, 0.3) is 0 Å². The van der Waals surface area contributed by atoms with Crippen LogP contribution in [0.3, 0.4) is 0 Å². The van der Waals surface area contributed by atoms with Crippen molar-refractivity contribution >= 4 is 29.9 Å². The number of furan rings is 1. The number of guanidine groups is 1. The first-order valence-corrected chi connectivity index (χ1v) is 8.48. The van der Waals surface area contributed by atoms with Crippen LogP contribution in [0.2, 0.25) is 0 Å². The summed E-state index contributed by atoms with van der Waals surface area (Å²) in [7, 11) is 2.17. The second kappa shape index (κ2) is 10.2. The fourth-order valence-electron chi connectivity index (χ4n) is 2.92. The third-order valence-electron chi connectivity index (χ3n) is 4.22.